The molecule has 0 atom stereocenters. The van der Waals surface area contributed by atoms with E-state index in [1.54, 1.807) is 6.92 Å². The van der Waals surface area contributed by atoms with Crippen LogP contribution in [0.1, 0.15) is 66.9 Å². The molecule has 152 valence electrons. The van der Waals surface area contributed by atoms with Crippen LogP contribution in [0.2, 0.25) is 0 Å². The summed E-state index contributed by atoms with van der Waals surface area (Å²) in [5, 5.41) is 21.5. The number of carbonyl (C=O) groups is 1. The molecule has 1 aliphatic rings. The van der Waals surface area contributed by atoms with E-state index in [9.17, 15) is 20.2 Å². The van der Waals surface area contributed by atoms with Gasteiger partial charge in [-0.1, -0.05) is 27.7 Å². The van der Waals surface area contributed by atoms with E-state index in [0.29, 0.717) is 16.8 Å². The summed E-state index contributed by atoms with van der Waals surface area (Å²) in [5.74, 6) is -0.717. The highest BCUT2D eigenvalue weighted by Gasteiger charge is 2.47. The number of ether oxygens (including phenoxy) is 1. The molecule has 0 bridgehead atoms. The van der Waals surface area contributed by atoms with Crippen LogP contribution in [0.4, 0.5) is 11.4 Å². The average molecular weight is 396 g/mol. The van der Waals surface area contributed by atoms with Crippen LogP contribution in [-0.4, -0.2) is 22.6 Å². The molecule has 0 amide bonds. The maximum Gasteiger partial charge on any atom is 0.357 e. The summed E-state index contributed by atoms with van der Waals surface area (Å²) < 4.78 is 6.27. The normalized spacial score (nSPS) is 16.2. The van der Waals surface area contributed by atoms with Crippen molar-refractivity contribution in [1.82, 2.24) is 4.57 Å². The molecule has 0 radical (unpaired) electrons. The number of nitrogen functional groups attached to an aromatic ring is 1. The van der Waals surface area contributed by atoms with E-state index in [0.717, 1.165) is 12.0 Å². The van der Waals surface area contributed by atoms with Crippen LogP contribution < -0.4 is 5.73 Å². The number of anilines is 1. The lowest BCUT2D eigenvalue weighted by Gasteiger charge is -2.22. The second-order valence-electron chi connectivity index (χ2n) is 8.77. The maximum atomic E-state index is 12.4. The van der Waals surface area contributed by atoms with Crippen LogP contribution in [0.5, 0.6) is 0 Å². The minimum atomic E-state index is -0.717. The van der Waals surface area contributed by atoms with Crippen molar-refractivity contribution in [1.29, 1.82) is 5.26 Å². The van der Waals surface area contributed by atoms with Crippen molar-refractivity contribution in [2.75, 3.05) is 12.8 Å². The summed E-state index contributed by atoms with van der Waals surface area (Å²) in [7, 11) is 1.22. The van der Waals surface area contributed by atoms with Gasteiger partial charge in [-0.2, -0.15) is 5.26 Å². The number of carbonyl (C=O) groups excluding carboxylic acids is 1. The second kappa shape index (κ2) is 6.34. The molecule has 0 saturated carbocycles. The van der Waals surface area contributed by atoms with Crippen LogP contribution in [0, 0.1) is 28.4 Å². The molecule has 2 N–H and O–H groups in total. The molecule has 0 spiro atoms. The number of hydrogen-bond donors (Lipinski definition) is 1. The summed E-state index contributed by atoms with van der Waals surface area (Å²) in [6.07, 6.45) is 2.17. The molecule has 1 aromatic carbocycles. The van der Waals surface area contributed by atoms with Gasteiger partial charge >= 0.3 is 5.97 Å². The number of nitriles is 1. The first kappa shape index (κ1) is 20.4. The summed E-state index contributed by atoms with van der Waals surface area (Å²) in [6.45, 7) is 9.77. The van der Waals surface area contributed by atoms with Crippen molar-refractivity contribution in [3.63, 3.8) is 0 Å². The van der Waals surface area contributed by atoms with E-state index in [1.807, 2.05) is 26.0 Å². The van der Waals surface area contributed by atoms with Gasteiger partial charge in [-0.3, -0.25) is 10.1 Å². The van der Waals surface area contributed by atoms with E-state index in [1.165, 1.54) is 17.9 Å². The van der Waals surface area contributed by atoms with Crippen LogP contribution in [-0.2, 0) is 15.6 Å². The Kier molecular flexibility index (Phi) is 4.46. The highest BCUT2D eigenvalue weighted by atomic mass is 16.6. The quantitative estimate of drug-likeness (QED) is 0.477. The Bertz CT molecular complexity index is 1100. The third kappa shape index (κ3) is 2.85. The monoisotopic (exact) mass is 396 g/mol. The highest BCUT2D eigenvalue weighted by molar-refractivity contribution is 5.96. The van der Waals surface area contributed by atoms with Crippen molar-refractivity contribution in [2.45, 2.75) is 51.9 Å². The predicted molar refractivity (Wildman–Crippen MR) is 108 cm³/mol. The SMILES string of the molecule is COC(=O)c1c(N)c(C#N)cn1-c1cc2c(c([N+](=O)[O-])c1C)C(C)(C)CC2(C)C. The molecule has 29 heavy (non-hydrogen) atoms. The van der Waals surface area contributed by atoms with Crippen molar-refractivity contribution < 1.29 is 14.5 Å². The number of methoxy groups -OCH3 is 1. The molecule has 1 heterocycles. The molecule has 2 aromatic rings. The minimum Gasteiger partial charge on any atom is -0.464 e. The first-order valence-electron chi connectivity index (χ1n) is 9.20. The number of fused-ring (bicyclic) bond motifs is 1. The maximum absolute atomic E-state index is 12.4. The Hall–Kier alpha value is -3.34. The lowest BCUT2D eigenvalue weighted by molar-refractivity contribution is -0.386. The average Bonchev–Trinajstić information content (AvgIpc) is 3.03. The van der Waals surface area contributed by atoms with Crippen molar-refractivity contribution >= 4 is 17.3 Å². The number of nitrogens with zero attached hydrogens (tertiary/aromatic N) is 3. The number of nitro groups is 1. The number of esters is 1. The Morgan fingerprint density at radius 3 is 2.48 bits per heavy atom. The summed E-state index contributed by atoms with van der Waals surface area (Å²) in [4.78, 5) is 24.1. The van der Waals surface area contributed by atoms with Gasteiger partial charge in [0.2, 0.25) is 0 Å². The number of aromatic nitrogens is 1. The van der Waals surface area contributed by atoms with Crippen LogP contribution >= 0.6 is 0 Å². The fourth-order valence-corrected chi connectivity index (χ4v) is 4.84. The topological polar surface area (TPSA) is 124 Å². The van der Waals surface area contributed by atoms with Crippen molar-refractivity contribution in [3.05, 3.63) is 50.3 Å². The van der Waals surface area contributed by atoms with E-state index < -0.39 is 5.97 Å². The van der Waals surface area contributed by atoms with Crippen molar-refractivity contribution in [2.24, 2.45) is 0 Å². The molecule has 1 aromatic heterocycles. The van der Waals surface area contributed by atoms with E-state index in [-0.39, 0.29) is 38.4 Å². The fraction of sp³-hybridized carbons (Fsp3) is 0.429. The van der Waals surface area contributed by atoms with Crippen LogP contribution in [0.3, 0.4) is 0 Å². The smallest absolute Gasteiger partial charge is 0.357 e. The van der Waals surface area contributed by atoms with Crippen LogP contribution in [0.25, 0.3) is 5.69 Å². The number of benzene rings is 1. The Morgan fingerprint density at radius 2 is 1.97 bits per heavy atom. The molecule has 0 saturated heterocycles. The number of nitro benzene ring substituents is 1. The van der Waals surface area contributed by atoms with Gasteiger partial charge in [0.1, 0.15) is 6.07 Å². The fourth-order valence-electron chi connectivity index (χ4n) is 4.84. The Balaban J connectivity index is 2.47. The summed E-state index contributed by atoms with van der Waals surface area (Å²) in [5.41, 5.74) is 7.87. The van der Waals surface area contributed by atoms with E-state index >= 15 is 0 Å². The zero-order valence-corrected chi connectivity index (χ0v) is 17.4. The van der Waals surface area contributed by atoms with E-state index in [4.69, 9.17) is 10.5 Å². The van der Waals surface area contributed by atoms with Gasteiger partial charge in [0, 0.05) is 11.8 Å². The van der Waals surface area contributed by atoms with Gasteiger partial charge in [-0.05, 0) is 35.8 Å². The molecule has 3 rings (SSSR count). The van der Waals surface area contributed by atoms with E-state index in [2.05, 4.69) is 13.8 Å². The molecular weight excluding hydrogens is 372 g/mol. The lowest BCUT2D eigenvalue weighted by Crippen LogP contribution is -2.18. The largest absolute Gasteiger partial charge is 0.464 e. The lowest BCUT2D eigenvalue weighted by atomic mass is 9.81. The Labute approximate surface area is 169 Å². The van der Waals surface area contributed by atoms with Gasteiger partial charge in [-0.25, -0.2) is 4.79 Å². The van der Waals surface area contributed by atoms with Gasteiger partial charge in [-0.15, -0.1) is 0 Å². The molecule has 1 aliphatic carbocycles. The first-order chi connectivity index (χ1) is 13.4. The summed E-state index contributed by atoms with van der Waals surface area (Å²) >= 11 is 0. The Morgan fingerprint density at radius 1 is 1.34 bits per heavy atom. The number of rotatable bonds is 3. The van der Waals surface area contributed by atoms with Crippen molar-refractivity contribution in [3.8, 4) is 11.8 Å². The molecule has 0 fully saturated rings. The second-order valence-corrected chi connectivity index (χ2v) is 8.77. The third-order valence-electron chi connectivity index (χ3n) is 5.80. The van der Waals surface area contributed by atoms with Gasteiger partial charge < -0.3 is 15.0 Å². The highest BCUT2D eigenvalue weighted by Crippen LogP contribution is 2.54. The molecule has 8 nitrogen and oxygen atoms in total. The first-order valence-corrected chi connectivity index (χ1v) is 9.20. The summed E-state index contributed by atoms with van der Waals surface area (Å²) in [6, 6.07) is 3.83. The molecular formula is C21H24N4O4. The predicted octanol–water partition coefficient (Wildman–Crippen LogP) is 3.89. The van der Waals surface area contributed by atoms with Gasteiger partial charge in [0.25, 0.3) is 5.69 Å². The standard InChI is InChI=1S/C21H24N4O4/c1-11-14(24-9-12(8-22)16(23)18(24)19(26)29-6)7-13-15(17(11)25(27)28)21(4,5)10-20(13,2)3/h7,9H,10,23H2,1-6H3. The molecule has 0 aliphatic heterocycles. The zero-order valence-electron chi connectivity index (χ0n) is 17.4. The third-order valence-corrected chi connectivity index (χ3v) is 5.80. The minimum absolute atomic E-state index is 0.0125. The molecule has 8 heteroatoms. The van der Waals surface area contributed by atoms with Gasteiger partial charge in [0.05, 0.1) is 34.5 Å². The molecule has 0 unspecified atom stereocenters. The van der Waals surface area contributed by atoms with Gasteiger partial charge in [0.15, 0.2) is 5.69 Å². The number of nitrogens with two attached hydrogens (primary N) is 1. The zero-order chi connectivity index (χ0) is 21.9. The number of hydrogen-bond acceptors (Lipinski definition) is 6. The van der Waals surface area contributed by atoms with Crippen LogP contribution in [0.15, 0.2) is 12.3 Å².